The van der Waals surface area contributed by atoms with Gasteiger partial charge in [-0.15, -0.1) is 0 Å². The number of benzene rings is 3. The maximum Gasteiger partial charge on any atom is 0.225 e. The number of fused-ring (bicyclic) bond motifs is 2. The van der Waals surface area contributed by atoms with Crippen LogP contribution in [0.2, 0.25) is 0 Å². The molecule has 186 valence electrons. The van der Waals surface area contributed by atoms with Crippen molar-refractivity contribution in [1.29, 1.82) is 0 Å². The van der Waals surface area contributed by atoms with Crippen LogP contribution < -0.4 is 16.1 Å². The van der Waals surface area contributed by atoms with Crippen LogP contribution in [0.4, 0.5) is 4.39 Å². The monoisotopic (exact) mass is 493 g/mol. The molecule has 0 radical (unpaired) electrons. The van der Waals surface area contributed by atoms with E-state index in [-0.39, 0.29) is 6.04 Å². The Morgan fingerprint density at radius 1 is 0.784 bits per heavy atom. The number of aromatic amines is 2. The van der Waals surface area contributed by atoms with Gasteiger partial charge in [-0.25, -0.2) is 9.37 Å². The Morgan fingerprint density at radius 2 is 1.46 bits per heavy atom. The Balaban J connectivity index is 1.22. The van der Waals surface area contributed by atoms with Gasteiger partial charge in [-0.2, -0.15) is 0 Å². The minimum Gasteiger partial charge on any atom is -0.354 e. The number of halogens is 1. The third-order valence-corrected chi connectivity index (χ3v) is 7.85. The number of H-pyrrole nitrogens is 2. The lowest BCUT2D eigenvalue weighted by molar-refractivity contribution is 0.538. The third-order valence-electron chi connectivity index (χ3n) is 7.85. The highest BCUT2D eigenvalue weighted by Gasteiger charge is 2.23. The van der Waals surface area contributed by atoms with Crippen LogP contribution in [0.15, 0.2) is 65.6 Å². The summed E-state index contributed by atoms with van der Waals surface area (Å²) >= 11 is 0. The smallest absolute Gasteiger partial charge is 0.225 e. The first-order chi connectivity index (χ1) is 18.1. The van der Waals surface area contributed by atoms with E-state index < -0.39 is 11.2 Å². The van der Waals surface area contributed by atoms with E-state index in [1.165, 1.54) is 6.42 Å². The first-order valence-corrected chi connectivity index (χ1v) is 13.1. The minimum atomic E-state index is -0.676. The molecule has 2 aliphatic rings. The van der Waals surface area contributed by atoms with Crippen molar-refractivity contribution in [2.45, 2.75) is 37.8 Å². The van der Waals surface area contributed by atoms with Crippen molar-refractivity contribution in [1.82, 2.24) is 25.6 Å². The molecule has 0 bridgehead atoms. The van der Waals surface area contributed by atoms with Crippen molar-refractivity contribution < 1.29 is 4.39 Å². The molecule has 2 aliphatic heterocycles. The molecule has 0 aliphatic carbocycles. The van der Waals surface area contributed by atoms with Crippen LogP contribution in [0.3, 0.4) is 0 Å². The summed E-state index contributed by atoms with van der Waals surface area (Å²) in [5.74, 6) is 0.328. The van der Waals surface area contributed by atoms with Gasteiger partial charge in [0.2, 0.25) is 5.43 Å². The Kier molecular flexibility index (Phi) is 5.41. The van der Waals surface area contributed by atoms with Gasteiger partial charge in [0, 0.05) is 10.9 Å². The van der Waals surface area contributed by atoms with Gasteiger partial charge in [0.1, 0.15) is 5.82 Å². The van der Waals surface area contributed by atoms with Gasteiger partial charge in [-0.05, 0) is 84.9 Å². The van der Waals surface area contributed by atoms with Crippen LogP contribution in [-0.2, 0) is 0 Å². The van der Waals surface area contributed by atoms with E-state index in [2.05, 4.69) is 62.0 Å². The van der Waals surface area contributed by atoms with Gasteiger partial charge in [0.05, 0.1) is 35.2 Å². The summed E-state index contributed by atoms with van der Waals surface area (Å²) < 4.78 is 14.8. The Hall–Kier alpha value is -3.81. The zero-order valence-electron chi connectivity index (χ0n) is 20.4. The Morgan fingerprint density at radius 3 is 2.22 bits per heavy atom. The molecule has 5 aromatic rings. The standard InChI is InChI=1S/C30H28FN5O/c31-27-28(23-3-1-11-32-23)35-25-15-20(9-10-22(25)29(27)37)18-5-6-19-14-21(8-7-17(19)13-18)26-16-34-30(36-26)24-4-2-12-33-24/h5-10,13-16,23-24,32-33H,1-4,11-12H2,(H,34,36)(H,35,37). The number of nitrogens with one attached hydrogen (secondary N) is 4. The van der Waals surface area contributed by atoms with Gasteiger partial charge in [0.25, 0.3) is 0 Å². The molecule has 2 saturated heterocycles. The van der Waals surface area contributed by atoms with E-state index in [9.17, 15) is 9.18 Å². The molecule has 0 saturated carbocycles. The highest BCUT2D eigenvalue weighted by Crippen LogP contribution is 2.31. The van der Waals surface area contributed by atoms with E-state index in [0.717, 1.165) is 71.3 Å². The maximum absolute atomic E-state index is 14.8. The molecule has 2 fully saturated rings. The van der Waals surface area contributed by atoms with Gasteiger partial charge >= 0.3 is 0 Å². The molecule has 2 atom stereocenters. The topological polar surface area (TPSA) is 85.6 Å². The number of pyridine rings is 1. The molecule has 0 amide bonds. The van der Waals surface area contributed by atoms with E-state index in [0.29, 0.717) is 22.6 Å². The predicted molar refractivity (Wildman–Crippen MR) is 145 cm³/mol. The summed E-state index contributed by atoms with van der Waals surface area (Å²) in [4.78, 5) is 24.0. The predicted octanol–water partition coefficient (Wildman–Crippen LogP) is 5.73. The number of hydrogen-bond donors (Lipinski definition) is 4. The number of imidazole rings is 1. The molecule has 2 aromatic heterocycles. The summed E-state index contributed by atoms with van der Waals surface area (Å²) in [5, 5.41) is 9.42. The Bertz CT molecular complexity index is 1690. The second kappa shape index (κ2) is 8.94. The molecule has 4 N–H and O–H groups in total. The maximum atomic E-state index is 14.8. The van der Waals surface area contributed by atoms with Crippen LogP contribution >= 0.6 is 0 Å². The fourth-order valence-electron chi connectivity index (χ4n) is 5.81. The zero-order valence-corrected chi connectivity index (χ0v) is 20.4. The molecular weight excluding hydrogens is 465 g/mol. The highest BCUT2D eigenvalue weighted by atomic mass is 19.1. The fraction of sp³-hybridized carbons (Fsp3) is 0.267. The molecular formula is C30H28FN5O. The van der Waals surface area contributed by atoms with Gasteiger partial charge in [0.15, 0.2) is 5.82 Å². The summed E-state index contributed by atoms with van der Waals surface area (Å²) in [6.07, 6.45) is 6.01. The average molecular weight is 494 g/mol. The normalized spacial score (nSPS) is 19.8. The lowest BCUT2D eigenvalue weighted by Crippen LogP contribution is -2.21. The second-order valence-corrected chi connectivity index (χ2v) is 10.2. The van der Waals surface area contributed by atoms with Gasteiger partial charge in [-0.1, -0.05) is 30.3 Å². The fourth-order valence-corrected chi connectivity index (χ4v) is 5.81. The molecule has 37 heavy (non-hydrogen) atoms. The van der Waals surface area contributed by atoms with E-state index in [1.54, 1.807) is 6.07 Å². The molecule has 2 unspecified atom stereocenters. The van der Waals surface area contributed by atoms with Crippen molar-refractivity contribution in [3.63, 3.8) is 0 Å². The van der Waals surface area contributed by atoms with Crippen LogP contribution in [0.25, 0.3) is 44.1 Å². The largest absolute Gasteiger partial charge is 0.354 e. The zero-order chi connectivity index (χ0) is 24.9. The molecule has 0 spiro atoms. The number of rotatable bonds is 4. The van der Waals surface area contributed by atoms with Gasteiger partial charge in [-0.3, -0.25) is 4.79 Å². The lowest BCUT2D eigenvalue weighted by Gasteiger charge is -2.13. The van der Waals surface area contributed by atoms with Crippen molar-refractivity contribution in [3.05, 3.63) is 88.4 Å². The molecule has 7 rings (SSSR count). The van der Waals surface area contributed by atoms with E-state index in [4.69, 9.17) is 0 Å². The molecule has 4 heterocycles. The van der Waals surface area contributed by atoms with Crippen molar-refractivity contribution >= 4 is 21.7 Å². The SMILES string of the molecule is O=c1c(F)c(C2CCCN2)[nH]c2cc(-c3ccc4cc(-c5cnc(C6CCCN6)[nH]5)ccc4c3)ccc12. The summed E-state index contributed by atoms with van der Waals surface area (Å²) in [6.45, 7) is 1.88. The van der Waals surface area contributed by atoms with Crippen LogP contribution in [0, 0.1) is 5.82 Å². The van der Waals surface area contributed by atoms with Crippen LogP contribution in [0.5, 0.6) is 0 Å². The van der Waals surface area contributed by atoms with Crippen LogP contribution in [0.1, 0.15) is 49.3 Å². The average Bonchev–Trinajstić information content (AvgIpc) is 3.72. The quantitative estimate of drug-likeness (QED) is 0.258. The first kappa shape index (κ1) is 22.4. The van der Waals surface area contributed by atoms with Gasteiger partial charge < -0.3 is 20.6 Å². The first-order valence-electron chi connectivity index (χ1n) is 13.1. The van der Waals surface area contributed by atoms with Crippen molar-refractivity contribution in [3.8, 4) is 22.4 Å². The van der Waals surface area contributed by atoms with E-state index >= 15 is 0 Å². The van der Waals surface area contributed by atoms with E-state index in [1.807, 2.05) is 18.3 Å². The lowest BCUT2D eigenvalue weighted by atomic mass is 9.98. The number of nitrogens with zero attached hydrogens (tertiary/aromatic N) is 1. The number of aromatic nitrogens is 3. The summed E-state index contributed by atoms with van der Waals surface area (Å²) in [6, 6.07) is 18.5. The van der Waals surface area contributed by atoms with Crippen molar-refractivity contribution in [2.75, 3.05) is 13.1 Å². The summed E-state index contributed by atoms with van der Waals surface area (Å²) in [5.41, 5.74) is 4.64. The molecule has 3 aromatic carbocycles. The Labute approximate surface area is 213 Å². The van der Waals surface area contributed by atoms with Crippen LogP contribution in [-0.4, -0.2) is 28.0 Å². The molecule has 7 heteroatoms. The minimum absolute atomic E-state index is 0.143. The third kappa shape index (κ3) is 3.95. The summed E-state index contributed by atoms with van der Waals surface area (Å²) in [7, 11) is 0. The molecule has 6 nitrogen and oxygen atoms in total. The number of hydrogen-bond acceptors (Lipinski definition) is 4. The highest BCUT2D eigenvalue weighted by molar-refractivity contribution is 5.92. The van der Waals surface area contributed by atoms with Crippen molar-refractivity contribution in [2.24, 2.45) is 0 Å². The second-order valence-electron chi connectivity index (χ2n) is 10.2.